The minimum absolute atomic E-state index is 0.0719. The molecule has 10 nitrogen and oxygen atoms in total. The van der Waals surface area contributed by atoms with E-state index in [9.17, 15) is 9.59 Å². The number of carbonyl (C=O) groups excluding carboxylic acids is 2. The highest BCUT2D eigenvalue weighted by Gasteiger charge is 2.18. The third-order valence-corrected chi connectivity index (χ3v) is 4.29. The zero-order chi connectivity index (χ0) is 21.7. The molecule has 0 radical (unpaired) electrons. The van der Waals surface area contributed by atoms with Gasteiger partial charge in [-0.3, -0.25) is 9.59 Å². The Morgan fingerprint density at radius 3 is 2.47 bits per heavy atom. The molecule has 0 bridgehead atoms. The molecule has 0 fully saturated rings. The lowest BCUT2D eigenvalue weighted by Crippen LogP contribution is -2.36. The summed E-state index contributed by atoms with van der Waals surface area (Å²) in [5.41, 5.74) is 13.4. The number of hydrogen-bond acceptors (Lipinski definition) is 7. The third kappa shape index (κ3) is 5.10. The van der Waals surface area contributed by atoms with Crippen molar-refractivity contribution in [3.05, 3.63) is 54.6 Å². The van der Waals surface area contributed by atoms with Crippen LogP contribution in [0, 0.1) is 5.92 Å². The van der Waals surface area contributed by atoms with E-state index in [4.69, 9.17) is 11.5 Å². The first-order valence-electron chi connectivity index (χ1n) is 9.43. The molecule has 1 aromatic carbocycles. The number of anilines is 3. The van der Waals surface area contributed by atoms with E-state index < -0.39 is 17.9 Å². The molecule has 3 aromatic rings. The molecular weight excluding hydrogens is 384 g/mol. The van der Waals surface area contributed by atoms with E-state index >= 15 is 0 Å². The Bertz CT molecular complexity index is 1030. The number of benzene rings is 1. The molecular formula is C20H24N8O2. The van der Waals surface area contributed by atoms with Gasteiger partial charge in [0.2, 0.25) is 5.91 Å². The normalized spacial score (nSPS) is 11.8. The van der Waals surface area contributed by atoms with Gasteiger partial charge in [-0.15, -0.1) is 0 Å². The molecule has 3 rings (SSSR count). The van der Waals surface area contributed by atoms with Crippen molar-refractivity contribution in [2.45, 2.75) is 26.3 Å². The highest BCUT2D eigenvalue weighted by Crippen LogP contribution is 2.25. The van der Waals surface area contributed by atoms with Crippen LogP contribution in [-0.4, -0.2) is 37.8 Å². The van der Waals surface area contributed by atoms with E-state index in [1.165, 1.54) is 11.0 Å². The summed E-state index contributed by atoms with van der Waals surface area (Å²) in [5, 5.41) is 14.4. The second-order valence-electron chi connectivity index (χ2n) is 7.21. The molecule has 1 atom stereocenters. The van der Waals surface area contributed by atoms with E-state index in [0.717, 1.165) is 5.69 Å². The van der Waals surface area contributed by atoms with Crippen molar-refractivity contribution in [2.24, 2.45) is 17.4 Å². The molecule has 30 heavy (non-hydrogen) atoms. The average Bonchev–Trinajstić information content (AvgIpc) is 3.22. The van der Waals surface area contributed by atoms with Gasteiger partial charge in [-0.2, -0.15) is 15.0 Å². The number of carbonyl (C=O) groups is 2. The largest absolute Gasteiger partial charge is 0.372 e. The summed E-state index contributed by atoms with van der Waals surface area (Å²) in [6, 6.07) is 8.42. The summed E-state index contributed by atoms with van der Waals surface area (Å²) in [6.45, 7) is 4.00. The minimum atomic E-state index is -0.678. The van der Waals surface area contributed by atoms with Crippen molar-refractivity contribution in [1.29, 1.82) is 0 Å². The van der Waals surface area contributed by atoms with E-state index in [1.54, 1.807) is 18.5 Å². The van der Waals surface area contributed by atoms with Crippen molar-refractivity contribution in [3.63, 3.8) is 0 Å². The van der Waals surface area contributed by atoms with Gasteiger partial charge < -0.3 is 22.1 Å². The van der Waals surface area contributed by atoms with Gasteiger partial charge >= 0.3 is 0 Å². The topological polar surface area (TPSA) is 154 Å². The van der Waals surface area contributed by atoms with Crippen molar-refractivity contribution >= 4 is 28.9 Å². The number of rotatable bonds is 9. The van der Waals surface area contributed by atoms with Crippen molar-refractivity contribution in [3.8, 4) is 5.69 Å². The van der Waals surface area contributed by atoms with Gasteiger partial charge in [-0.05, 0) is 36.6 Å². The maximum absolute atomic E-state index is 11.9. The fraction of sp³-hybridized carbons (Fsp3) is 0.250. The second kappa shape index (κ2) is 9.03. The third-order valence-electron chi connectivity index (χ3n) is 4.29. The Morgan fingerprint density at radius 2 is 1.83 bits per heavy atom. The monoisotopic (exact) mass is 408 g/mol. The Kier molecular flexibility index (Phi) is 6.26. The maximum atomic E-state index is 11.9. The summed E-state index contributed by atoms with van der Waals surface area (Å²) in [5.74, 6) is -0.872. The zero-order valence-corrected chi connectivity index (χ0v) is 16.7. The van der Waals surface area contributed by atoms with Crippen LogP contribution in [0.2, 0.25) is 0 Å². The molecule has 6 N–H and O–H groups in total. The molecule has 0 saturated heterocycles. The summed E-state index contributed by atoms with van der Waals surface area (Å²) in [4.78, 5) is 29.3. The molecule has 0 unspecified atom stereocenters. The highest BCUT2D eigenvalue weighted by atomic mass is 16.1. The fourth-order valence-corrected chi connectivity index (χ4v) is 2.97. The van der Waals surface area contributed by atoms with Crippen LogP contribution in [0.1, 0.15) is 30.8 Å². The molecule has 10 heteroatoms. The lowest BCUT2D eigenvalue weighted by molar-refractivity contribution is -0.119. The predicted molar refractivity (Wildman–Crippen MR) is 113 cm³/mol. The molecule has 2 heterocycles. The van der Waals surface area contributed by atoms with E-state index in [1.807, 2.05) is 38.1 Å². The summed E-state index contributed by atoms with van der Waals surface area (Å²) in [6.07, 6.45) is 5.17. The van der Waals surface area contributed by atoms with Crippen molar-refractivity contribution in [2.75, 3.05) is 10.6 Å². The lowest BCUT2D eigenvalue weighted by atomic mass is 10.0. The number of nitrogens with zero attached hydrogens (tertiary/aromatic N) is 4. The van der Waals surface area contributed by atoms with Crippen LogP contribution >= 0.6 is 0 Å². The first-order chi connectivity index (χ1) is 14.3. The van der Waals surface area contributed by atoms with Crippen LogP contribution in [0.5, 0.6) is 0 Å². The number of hydrogen-bond donors (Lipinski definition) is 4. The van der Waals surface area contributed by atoms with Gasteiger partial charge in [0.1, 0.15) is 6.04 Å². The van der Waals surface area contributed by atoms with Crippen LogP contribution in [0.15, 0.2) is 48.9 Å². The van der Waals surface area contributed by atoms with Gasteiger partial charge in [0.25, 0.3) is 5.91 Å². The molecule has 0 aliphatic heterocycles. The number of aromatic nitrogens is 4. The number of nitrogens with two attached hydrogens (primary N) is 2. The Morgan fingerprint density at radius 1 is 1.10 bits per heavy atom. The van der Waals surface area contributed by atoms with Crippen LogP contribution in [-0.2, 0) is 4.79 Å². The maximum Gasteiger partial charge on any atom is 0.269 e. The van der Waals surface area contributed by atoms with Crippen molar-refractivity contribution < 1.29 is 9.59 Å². The average molecular weight is 408 g/mol. The fourth-order valence-electron chi connectivity index (χ4n) is 2.97. The Hall–Kier alpha value is -3.95. The molecule has 0 saturated carbocycles. The lowest BCUT2D eigenvalue weighted by Gasteiger charge is -2.19. The minimum Gasteiger partial charge on any atom is -0.372 e. The SMILES string of the molecule is CC(C)C[C@@H](Nc1cnc(C(N)=O)c(Nc2cccc(-n3nccn3)c2)c1)C(N)=O. The summed E-state index contributed by atoms with van der Waals surface area (Å²) in [7, 11) is 0. The summed E-state index contributed by atoms with van der Waals surface area (Å²) >= 11 is 0. The number of primary amides is 2. The van der Waals surface area contributed by atoms with E-state index in [-0.39, 0.29) is 11.6 Å². The molecule has 2 aromatic heterocycles. The first-order valence-corrected chi connectivity index (χ1v) is 9.43. The van der Waals surface area contributed by atoms with Gasteiger partial charge in [-0.25, -0.2) is 4.98 Å². The number of pyridine rings is 1. The molecule has 0 aliphatic rings. The van der Waals surface area contributed by atoms with E-state index in [0.29, 0.717) is 23.5 Å². The van der Waals surface area contributed by atoms with Gasteiger partial charge in [0.15, 0.2) is 5.69 Å². The number of amides is 2. The summed E-state index contributed by atoms with van der Waals surface area (Å²) < 4.78 is 0. The smallest absolute Gasteiger partial charge is 0.269 e. The van der Waals surface area contributed by atoms with Crippen LogP contribution in [0.4, 0.5) is 17.1 Å². The molecule has 2 amide bonds. The highest BCUT2D eigenvalue weighted by molar-refractivity contribution is 5.98. The molecule has 0 aliphatic carbocycles. The Balaban J connectivity index is 1.89. The standard InChI is InChI=1S/C20H24N8O2/c1-12(2)8-17(19(21)29)27-14-10-16(18(20(22)30)23-11-14)26-13-4-3-5-15(9-13)28-24-6-7-25-28/h3-7,9-12,17,26-27H,8H2,1-2H3,(H2,21,29)(H2,22,30)/t17-/m1/s1. The molecule has 156 valence electrons. The van der Waals surface area contributed by atoms with Crippen LogP contribution in [0.3, 0.4) is 0 Å². The first kappa shape index (κ1) is 20.8. The van der Waals surface area contributed by atoms with Gasteiger partial charge in [0.05, 0.1) is 35.7 Å². The molecule has 0 spiro atoms. The van der Waals surface area contributed by atoms with Crippen molar-refractivity contribution in [1.82, 2.24) is 20.0 Å². The van der Waals surface area contributed by atoms with E-state index in [2.05, 4.69) is 25.8 Å². The zero-order valence-electron chi connectivity index (χ0n) is 16.7. The van der Waals surface area contributed by atoms with Crippen LogP contribution < -0.4 is 22.1 Å². The Labute approximate surface area is 173 Å². The van der Waals surface area contributed by atoms with Gasteiger partial charge in [-0.1, -0.05) is 19.9 Å². The number of nitrogens with one attached hydrogen (secondary N) is 2. The van der Waals surface area contributed by atoms with Crippen LogP contribution in [0.25, 0.3) is 5.69 Å². The quantitative estimate of drug-likeness (QED) is 0.421. The van der Waals surface area contributed by atoms with Gasteiger partial charge in [0, 0.05) is 5.69 Å². The predicted octanol–water partition coefficient (Wildman–Crippen LogP) is 1.82. The second-order valence-corrected chi connectivity index (χ2v) is 7.21.